The summed E-state index contributed by atoms with van der Waals surface area (Å²) in [4.78, 5) is 4.16. The summed E-state index contributed by atoms with van der Waals surface area (Å²) >= 11 is 1.45. The Bertz CT molecular complexity index is 305. The fraction of sp³-hybridized carbons (Fsp3) is 0.778. The van der Waals surface area contributed by atoms with Crippen molar-refractivity contribution >= 4 is 16.7 Å². The highest BCUT2D eigenvalue weighted by Gasteiger charge is 2.54. The fourth-order valence-electron chi connectivity index (χ4n) is 2.41. The van der Waals surface area contributed by atoms with Crippen molar-refractivity contribution in [3.63, 3.8) is 0 Å². The molecule has 1 spiro atoms. The van der Waals surface area contributed by atoms with Crippen LogP contribution in [0.5, 0.6) is 0 Å². The van der Waals surface area contributed by atoms with Crippen LogP contribution in [0, 0.1) is 5.41 Å². The van der Waals surface area contributed by atoms with Crippen molar-refractivity contribution in [2.75, 3.05) is 18.4 Å². The Morgan fingerprint density at radius 3 is 3.07 bits per heavy atom. The molecule has 0 amide bonds. The molecule has 3 rings (SSSR count). The first-order valence-corrected chi connectivity index (χ1v) is 5.90. The van der Waals surface area contributed by atoms with Gasteiger partial charge in [-0.15, -0.1) is 0 Å². The van der Waals surface area contributed by atoms with Crippen LogP contribution in [0.4, 0.5) is 5.13 Å². The summed E-state index contributed by atoms with van der Waals surface area (Å²) in [6.07, 6.45) is 5.55. The maximum Gasteiger partial charge on any atom is 0.202 e. The Balaban J connectivity index is 1.62. The van der Waals surface area contributed by atoms with Gasteiger partial charge in [0.05, 0.1) is 0 Å². The van der Waals surface area contributed by atoms with Gasteiger partial charge < -0.3 is 10.6 Å². The second kappa shape index (κ2) is 3.17. The number of hydrogen-bond donors (Lipinski definition) is 2. The molecule has 0 aromatic carbocycles. The smallest absolute Gasteiger partial charge is 0.202 e. The number of anilines is 1. The van der Waals surface area contributed by atoms with Gasteiger partial charge in [-0.1, -0.05) is 0 Å². The number of rotatable bonds is 2. The molecule has 1 saturated heterocycles. The van der Waals surface area contributed by atoms with Crippen LogP contribution in [-0.4, -0.2) is 28.5 Å². The highest BCUT2D eigenvalue weighted by atomic mass is 32.1. The molecule has 2 heterocycles. The van der Waals surface area contributed by atoms with E-state index in [1.807, 2.05) is 0 Å². The van der Waals surface area contributed by atoms with Gasteiger partial charge in [-0.3, -0.25) is 0 Å². The van der Waals surface area contributed by atoms with Gasteiger partial charge in [0.25, 0.3) is 0 Å². The lowest BCUT2D eigenvalue weighted by Crippen LogP contribution is -2.31. The quantitative estimate of drug-likeness (QED) is 0.767. The van der Waals surface area contributed by atoms with E-state index in [1.165, 1.54) is 43.9 Å². The van der Waals surface area contributed by atoms with E-state index in [0.717, 1.165) is 5.13 Å². The zero-order valence-electron chi connectivity index (χ0n) is 7.99. The molecule has 14 heavy (non-hydrogen) atoms. The summed E-state index contributed by atoms with van der Waals surface area (Å²) in [6, 6.07) is 0.651. The molecule has 0 bridgehead atoms. The summed E-state index contributed by atoms with van der Waals surface area (Å²) in [7, 11) is 0. The second-order valence-corrected chi connectivity index (χ2v) is 5.04. The Morgan fingerprint density at radius 2 is 2.36 bits per heavy atom. The molecule has 1 atom stereocenters. The van der Waals surface area contributed by atoms with E-state index in [4.69, 9.17) is 0 Å². The lowest BCUT2D eigenvalue weighted by Gasteiger charge is -2.23. The van der Waals surface area contributed by atoms with Gasteiger partial charge >= 0.3 is 0 Å². The first-order valence-electron chi connectivity index (χ1n) is 5.13. The average Bonchev–Trinajstić information content (AvgIpc) is 2.67. The number of piperidine rings is 1. The van der Waals surface area contributed by atoms with Crippen molar-refractivity contribution < 1.29 is 0 Å². The number of aromatic nitrogens is 2. The largest absolute Gasteiger partial charge is 0.357 e. The van der Waals surface area contributed by atoms with E-state index >= 15 is 0 Å². The average molecular weight is 210 g/mol. The third-order valence-electron chi connectivity index (χ3n) is 3.45. The van der Waals surface area contributed by atoms with Crippen molar-refractivity contribution in [1.82, 2.24) is 14.7 Å². The van der Waals surface area contributed by atoms with E-state index in [-0.39, 0.29) is 0 Å². The third-order valence-corrected chi connectivity index (χ3v) is 4.04. The lowest BCUT2D eigenvalue weighted by atomic mass is 9.94. The van der Waals surface area contributed by atoms with E-state index in [2.05, 4.69) is 20.0 Å². The molecule has 76 valence electrons. The van der Waals surface area contributed by atoms with Crippen LogP contribution < -0.4 is 10.6 Å². The third kappa shape index (κ3) is 1.40. The van der Waals surface area contributed by atoms with Gasteiger partial charge in [0, 0.05) is 17.6 Å². The Kier molecular flexibility index (Phi) is 1.95. The number of hydrogen-bond acceptors (Lipinski definition) is 5. The van der Waals surface area contributed by atoms with E-state index < -0.39 is 0 Å². The minimum atomic E-state index is 0.580. The molecular weight excluding hydrogens is 196 g/mol. The molecule has 1 aliphatic heterocycles. The van der Waals surface area contributed by atoms with E-state index in [1.54, 1.807) is 6.33 Å². The highest BCUT2D eigenvalue weighted by Crippen LogP contribution is 2.54. The second-order valence-electron chi connectivity index (χ2n) is 4.26. The van der Waals surface area contributed by atoms with Crippen LogP contribution in [0.3, 0.4) is 0 Å². The summed E-state index contributed by atoms with van der Waals surface area (Å²) in [5, 5.41) is 7.86. The summed E-state index contributed by atoms with van der Waals surface area (Å²) < 4.78 is 3.99. The Morgan fingerprint density at radius 1 is 1.50 bits per heavy atom. The first kappa shape index (κ1) is 8.61. The molecule has 5 heteroatoms. The minimum Gasteiger partial charge on any atom is -0.357 e. The number of nitrogens with zero attached hydrogens (tertiary/aromatic N) is 2. The fourth-order valence-corrected chi connectivity index (χ4v) is 2.90. The van der Waals surface area contributed by atoms with Gasteiger partial charge in [0.1, 0.15) is 6.33 Å². The maximum absolute atomic E-state index is 4.16. The predicted octanol–water partition coefficient (Wildman–Crippen LogP) is 1.09. The molecule has 2 N–H and O–H groups in total. The molecule has 2 aliphatic rings. The van der Waals surface area contributed by atoms with Crippen LogP contribution in [-0.2, 0) is 0 Å². The zero-order chi connectivity index (χ0) is 9.43. The topological polar surface area (TPSA) is 49.8 Å². The van der Waals surface area contributed by atoms with Crippen LogP contribution in [0.1, 0.15) is 19.3 Å². The summed E-state index contributed by atoms with van der Waals surface area (Å²) in [5.41, 5.74) is 0.580. The van der Waals surface area contributed by atoms with Crippen molar-refractivity contribution in [2.45, 2.75) is 25.3 Å². The standard InChI is InChI=1S/C9H14N4S/c1-3-10-4-2-9(1)5-7(9)13-8-11-6-12-14-8/h6-7,10H,1-5H2,(H,11,12,13). The molecule has 1 aromatic heterocycles. The molecule has 4 nitrogen and oxygen atoms in total. The Hall–Kier alpha value is -0.680. The van der Waals surface area contributed by atoms with E-state index in [0.29, 0.717) is 11.5 Å². The van der Waals surface area contributed by atoms with Gasteiger partial charge in [-0.2, -0.15) is 4.37 Å². The molecule has 1 unspecified atom stereocenters. The molecule has 0 radical (unpaired) electrons. The SMILES string of the molecule is c1nsc(NC2CC23CCNCC3)n1. The van der Waals surface area contributed by atoms with Gasteiger partial charge in [0.15, 0.2) is 0 Å². The van der Waals surface area contributed by atoms with Crippen molar-refractivity contribution in [1.29, 1.82) is 0 Å². The number of nitrogens with one attached hydrogen (secondary N) is 2. The minimum absolute atomic E-state index is 0.580. The summed E-state index contributed by atoms with van der Waals surface area (Å²) in [5.74, 6) is 0. The lowest BCUT2D eigenvalue weighted by molar-refractivity contribution is 0.346. The first-order chi connectivity index (χ1) is 6.89. The zero-order valence-corrected chi connectivity index (χ0v) is 8.81. The molecular formula is C9H14N4S. The summed E-state index contributed by atoms with van der Waals surface area (Å²) in [6.45, 7) is 2.35. The van der Waals surface area contributed by atoms with Crippen LogP contribution in [0.15, 0.2) is 6.33 Å². The van der Waals surface area contributed by atoms with Crippen LogP contribution in [0.2, 0.25) is 0 Å². The van der Waals surface area contributed by atoms with E-state index in [9.17, 15) is 0 Å². The molecule has 1 saturated carbocycles. The van der Waals surface area contributed by atoms with Crippen molar-refractivity contribution in [3.05, 3.63) is 6.33 Å². The Labute approximate surface area is 87.3 Å². The van der Waals surface area contributed by atoms with Crippen LogP contribution >= 0.6 is 11.5 Å². The highest BCUT2D eigenvalue weighted by molar-refractivity contribution is 7.09. The van der Waals surface area contributed by atoms with Crippen LogP contribution in [0.25, 0.3) is 0 Å². The normalized spacial score (nSPS) is 29.0. The molecule has 1 aliphatic carbocycles. The van der Waals surface area contributed by atoms with Gasteiger partial charge in [-0.25, -0.2) is 4.98 Å². The maximum atomic E-state index is 4.16. The van der Waals surface area contributed by atoms with Gasteiger partial charge in [-0.05, 0) is 37.8 Å². The van der Waals surface area contributed by atoms with Crippen molar-refractivity contribution in [2.24, 2.45) is 5.41 Å². The predicted molar refractivity (Wildman–Crippen MR) is 56.5 cm³/mol. The molecule has 1 aromatic rings. The van der Waals surface area contributed by atoms with Crippen molar-refractivity contribution in [3.8, 4) is 0 Å². The molecule has 2 fully saturated rings. The van der Waals surface area contributed by atoms with Gasteiger partial charge in [0.2, 0.25) is 5.13 Å². The monoisotopic (exact) mass is 210 g/mol.